The predicted molar refractivity (Wildman–Crippen MR) is 277 cm³/mol. The molecular formula is C65H43NO. The Balaban J connectivity index is 0.905. The maximum absolute atomic E-state index is 5.72. The summed E-state index contributed by atoms with van der Waals surface area (Å²) in [5.41, 5.74) is 23.8. The van der Waals surface area contributed by atoms with Gasteiger partial charge >= 0.3 is 0 Å². The Hall–Kier alpha value is -8.72. The van der Waals surface area contributed by atoms with E-state index < -0.39 is 5.41 Å². The summed E-state index contributed by atoms with van der Waals surface area (Å²) in [6, 6.07) is 93.3. The minimum absolute atomic E-state index is 0.491. The van der Waals surface area contributed by atoms with Gasteiger partial charge in [0, 0.05) is 22.6 Å². The topological polar surface area (TPSA) is 16.4 Å². The molecule has 2 aliphatic rings. The lowest BCUT2D eigenvalue weighted by Gasteiger charge is -2.35. The van der Waals surface area contributed by atoms with E-state index >= 15 is 0 Å². The SMILES string of the molecule is c1ccc(-c2ccc(N(c3ccc(-c4cccc(-c5ccco5)c4)cc3)c3ccc(-c4ccc5c(c4)-c4ccccc4C54c5ccccc5-c5ccccc5-c5ccccc54)cc3)cc2)cc1. The smallest absolute Gasteiger partial charge is 0.133 e. The molecule has 0 saturated carbocycles. The van der Waals surface area contributed by atoms with Gasteiger partial charge in [0.1, 0.15) is 5.76 Å². The summed E-state index contributed by atoms with van der Waals surface area (Å²) in [5.74, 6) is 0.864. The Morgan fingerprint density at radius 2 is 0.642 bits per heavy atom. The van der Waals surface area contributed by atoms with Crippen molar-refractivity contribution in [2.75, 3.05) is 4.90 Å². The lowest BCUT2D eigenvalue weighted by Crippen LogP contribution is -2.29. The van der Waals surface area contributed by atoms with Crippen LogP contribution < -0.4 is 4.90 Å². The third kappa shape index (κ3) is 6.26. The number of rotatable bonds is 7. The molecule has 0 N–H and O–H groups in total. The zero-order valence-corrected chi connectivity index (χ0v) is 36.7. The molecule has 1 heterocycles. The minimum Gasteiger partial charge on any atom is -0.464 e. The molecule has 0 aliphatic heterocycles. The lowest BCUT2D eigenvalue weighted by molar-refractivity contribution is 0.582. The van der Waals surface area contributed by atoms with Crippen LogP contribution in [0.25, 0.3) is 78.1 Å². The maximum Gasteiger partial charge on any atom is 0.133 e. The van der Waals surface area contributed by atoms with Gasteiger partial charge < -0.3 is 9.32 Å². The zero-order chi connectivity index (χ0) is 44.3. The molecule has 0 atom stereocenters. The molecule has 0 saturated heterocycles. The third-order valence-electron chi connectivity index (χ3n) is 14.0. The number of furan rings is 1. The van der Waals surface area contributed by atoms with Gasteiger partial charge in [0.05, 0.1) is 11.7 Å². The summed E-state index contributed by atoms with van der Waals surface area (Å²) < 4.78 is 5.72. The standard InChI is InChI=1S/C65H43NO/c1-2-14-44(15-3-1)45-27-34-51(35-28-45)66(52-36-29-46(30-37-52)48-16-12-17-50(42-48)64-26-13-41-67-64)53-38-31-47(32-39-53)49-33-40-63-59(43-49)58-22-8-11-25-62(58)65(63)60-23-9-6-20-56(60)54-18-4-5-19-55(54)57-21-7-10-24-61(57)65/h1-43H. The predicted octanol–water partition coefficient (Wildman–Crippen LogP) is 17.4. The van der Waals surface area contributed by atoms with Crippen LogP contribution in [0.2, 0.25) is 0 Å². The van der Waals surface area contributed by atoms with Crippen molar-refractivity contribution in [1.82, 2.24) is 0 Å². The van der Waals surface area contributed by atoms with Crippen LogP contribution >= 0.6 is 0 Å². The Kier molecular flexibility index (Phi) is 9.11. The number of hydrogen-bond donors (Lipinski definition) is 0. The van der Waals surface area contributed by atoms with E-state index in [1.54, 1.807) is 6.26 Å². The molecule has 0 bridgehead atoms. The largest absolute Gasteiger partial charge is 0.464 e. The van der Waals surface area contributed by atoms with Gasteiger partial charge in [-0.2, -0.15) is 0 Å². The summed E-state index contributed by atoms with van der Waals surface area (Å²) in [7, 11) is 0. The average molecular weight is 854 g/mol. The molecule has 11 aromatic rings. The molecule has 2 heteroatoms. The van der Waals surface area contributed by atoms with Crippen molar-refractivity contribution in [3.63, 3.8) is 0 Å². The summed E-state index contributed by atoms with van der Waals surface area (Å²) in [6.07, 6.45) is 1.72. The monoisotopic (exact) mass is 853 g/mol. The van der Waals surface area contributed by atoms with Gasteiger partial charge in [0.2, 0.25) is 0 Å². The fourth-order valence-electron chi connectivity index (χ4n) is 11.0. The van der Waals surface area contributed by atoms with Crippen LogP contribution in [0.1, 0.15) is 22.3 Å². The van der Waals surface area contributed by atoms with E-state index in [1.165, 1.54) is 77.9 Å². The molecule has 10 aromatic carbocycles. The van der Waals surface area contributed by atoms with E-state index in [4.69, 9.17) is 4.42 Å². The molecule has 0 fully saturated rings. The van der Waals surface area contributed by atoms with E-state index in [0.29, 0.717) is 0 Å². The molecular weight excluding hydrogens is 811 g/mol. The number of anilines is 3. The van der Waals surface area contributed by atoms with Crippen LogP contribution in [0.4, 0.5) is 17.1 Å². The van der Waals surface area contributed by atoms with E-state index in [1.807, 2.05) is 12.1 Å². The Morgan fingerprint density at radius 3 is 1.16 bits per heavy atom. The molecule has 0 unspecified atom stereocenters. The Bertz CT molecular complexity index is 3540. The molecule has 2 aliphatic carbocycles. The molecule has 314 valence electrons. The summed E-state index contributed by atoms with van der Waals surface area (Å²) >= 11 is 0. The number of benzene rings is 10. The van der Waals surface area contributed by atoms with Crippen LogP contribution in [0, 0.1) is 0 Å². The second-order valence-corrected chi connectivity index (χ2v) is 17.6. The lowest BCUT2D eigenvalue weighted by atomic mass is 9.66. The fraction of sp³-hybridized carbons (Fsp3) is 0.0154. The van der Waals surface area contributed by atoms with Crippen LogP contribution in [0.15, 0.2) is 265 Å². The zero-order valence-electron chi connectivity index (χ0n) is 36.7. The van der Waals surface area contributed by atoms with Crippen molar-refractivity contribution in [3.05, 3.63) is 283 Å². The number of nitrogens with zero attached hydrogens (tertiary/aromatic N) is 1. The Morgan fingerprint density at radius 1 is 0.254 bits per heavy atom. The second-order valence-electron chi connectivity index (χ2n) is 17.6. The van der Waals surface area contributed by atoms with Crippen LogP contribution in [0.3, 0.4) is 0 Å². The van der Waals surface area contributed by atoms with Crippen LogP contribution in [-0.2, 0) is 5.41 Å². The highest BCUT2D eigenvalue weighted by molar-refractivity contribution is 5.98. The molecule has 2 nitrogen and oxygen atoms in total. The van der Waals surface area contributed by atoms with Crippen molar-refractivity contribution >= 4 is 17.1 Å². The second kappa shape index (κ2) is 15.8. The summed E-state index contributed by atoms with van der Waals surface area (Å²) in [6.45, 7) is 0. The van der Waals surface area contributed by atoms with Crippen molar-refractivity contribution in [1.29, 1.82) is 0 Å². The summed E-state index contributed by atoms with van der Waals surface area (Å²) in [4.78, 5) is 2.35. The molecule has 1 spiro atoms. The van der Waals surface area contributed by atoms with Gasteiger partial charge in [-0.05, 0) is 150 Å². The van der Waals surface area contributed by atoms with Gasteiger partial charge in [-0.15, -0.1) is 0 Å². The first-order valence-electron chi connectivity index (χ1n) is 23.1. The molecule has 0 amide bonds. The van der Waals surface area contributed by atoms with Crippen molar-refractivity contribution in [3.8, 4) is 78.1 Å². The first kappa shape index (κ1) is 38.7. The Labute approximate surface area is 391 Å². The molecule has 1 aromatic heterocycles. The van der Waals surface area contributed by atoms with Gasteiger partial charge in [0.15, 0.2) is 0 Å². The third-order valence-corrected chi connectivity index (χ3v) is 14.0. The van der Waals surface area contributed by atoms with Crippen molar-refractivity contribution < 1.29 is 4.42 Å². The molecule has 0 radical (unpaired) electrons. The highest BCUT2D eigenvalue weighted by atomic mass is 16.3. The average Bonchev–Trinajstić information content (AvgIpc) is 4.03. The van der Waals surface area contributed by atoms with Crippen LogP contribution in [-0.4, -0.2) is 0 Å². The number of fused-ring (bicyclic) bond motifs is 12. The first-order valence-corrected chi connectivity index (χ1v) is 23.1. The molecule has 67 heavy (non-hydrogen) atoms. The van der Waals surface area contributed by atoms with Gasteiger partial charge in [-0.3, -0.25) is 0 Å². The summed E-state index contributed by atoms with van der Waals surface area (Å²) in [5, 5.41) is 0. The van der Waals surface area contributed by atoms with Gasteiger partial charge in [0.25, 0.3) is 0 Å². The highest BCUT2D eigenvalue weighted by Gasteiger charge is 2.49. The minimum atomic E-state index is -0.491. The number of hydrogen-bond acceptors (Lipinski definition) is 2. The molecule has 13 rings (SSSR count). The van der Waals surface area contributed by atoms with Crippen LogP contribution in [0.5, 0.6) is 0 Å². The van der Waals surface area contributed by atoms with Crippen molar-refractivity contribution in [2.24, 2.45) is 0 Å². The fourth-order valence-corrected chi connectivity index (χ4v) is 11.0. The van der Waals surface area contributed by atoms with E-state index in [2.05, 4.69) is 248 Å². The normalized spacial score (nSPS) is 12.6. The first-order chi connectivity index (χ1) is 33.2. The van der Waals surface area contributed by atoms with E-state index in [9.17, 15) is 0 Å². The highest BCUT2D eigenvalue weighted by Crippen LogP contribution is 2.61. The van der Waals surface area contributed by atoms with E-state index in [-0.39, 0.29) is 0 Å². The van der Waals surface area contributed by atoms with Gasteiger partial charge in [-0.25, -0.2) is 0 Å². The van der Waals surface area contributed by atoms with Gasteiger partial charge in [-0.1, -0.05) is 194 Å². The van der Waals surface area contributed by atoms with E-state index in [0.717, 1.165) is 39.5 Å². The quantitative estimate of drug-likeness (QED) is 0.159. The van der Waals surface area contributed by atoms with Crippen molar-refractivity contribution in [2.45, 2.75) is 5.41 Å². The maximum atomic E-state index is 5.72.